The van der Waals surface area contributed by atoms with Crippen molar-refractivity contribution in [1.29, 1.82) is 0 Å². The lowest BCUT2D eigenvalue weighted by molar-refractivity contribution is -0.110. The Morgan fingerprint density at radius 3 is 2.79 bits per heavy atom. The first kappa shape index (κ1) is 21.7. The van der Waals surface area contributed by atoms with Crippen LogP contribution < -0.4 is 11.1 Å². The number of hydrogen-bond donors (Lipinski definition) is 4. The first-order valence-corrected chi connectivity index (χ1v) is 11.3. The largest absolute Gasteiger partial charge is 0.399 e. The van der Waals surface area contributed by atoms with Gasteiger partial charge in [-0.2, -0.15) is 0 Å². The summed E-state index contributed by atoms with van der Waals surface area (Å²) in [5, 5.41) is 13.4. The van der Waals surface area contributed by atoms with E-state index in [1.165, 1.54) is 0 Å². The van der Waals surface area contributed by atoms with Crippen LogP contribution in [0.4, 0.5) is 11.4 Å². The molecule has 2 aromatic rings. The van der Waals surface area contributed by atoms with Crippen molar-refractivity contribution >= 4 is 34.8 Å². The van der Waals surface area contributed by atoms with Gasteiger partial charge in [0.05, 0.1) is 30.5 Å². The van der Waals surface area contributed by atoms with Crippen LogP contribution in [-0.4, -0.2) is 83.7 Å². The second kappa shape index (κ2) is 8.66. The van der Waals surface area contributed by atoms with Crippen molar-refractivity contribution in [2.45, 2.75) is 19.4 Å². The Hall–Kier alpha value is -3.14. The molecule has 9 nitrogen and oxygen atoms in total. The maximum Gasteiger partial charge on any atom is 0.256 e. The molecule has 0 unspecified atom stereocenters. The van der Waals surface area contributed by atoms with Crippen LogP contribution in [0.25, 0.3) is 11.6 Å². The molecule has 1 aromatic carbocycles. The number of morpholine rings is 1. The molecule has 1 aromatic heterocycles. The number of anilines is 2. The van der Waals surface area contributed by atoms with E-state index in [0.29, 0.717) is 56.1 Å². The molecule has 4 heterocycles. The number of nitrogen functional groups attached to an aromatic ring is 1. The van der Waals surface area contributed by atoms with E-state index in [1.807, 2.05) is 6.92 Å². The molecule has 0 saturated carbocycles. The van der Waals surface area contributed by atoms with Crippen molar-refractivity contribution in [3.63, 3.8) is 0 Å². The molecular formula is C24H29N5O4. The van der Waals surface area contributed by atoms with Crippen LogP contribution in [0.2, 0.25) is 0 Å². The van der Waals surface area contributed by atoms with Crippen molar-refractivity contribution in [1.82, 2.24) is 14.8 Å². The average Bonchev–Trinajstić information content (AvgIpc) is 3.27. The summed E-state index contributed by atoms with van der Waals surface area (Å²) in [6.45, 7) is 6.21. The third-order valence-corrected chi connectivity index (χ3v) is 6.62. The summed E-state index contributed by atoms with van der Waals surface area (Å²) in [5.74, 6) is -0.280. The first-order chi connectivity index (χ1) is 15.9. The van der Waals surface area contributed by atoms with Gasteiger partial charge in [-0.1, -0.05) is 0 Å². The minimum absolute atomic E-state index is 0.0869. The van der Waals surface area contributed by atoms with Crippen molar-refractivity contribution < 1.29 is 19.4 Å². The smallest absolute Gasteiger partial charge is 0.256 e. The number of aromatic nitrogens is 1. The van der Waals surface area contributed by atoms with E-state index < -0.39 is 6.10 Å². The summed E-state index contributed by atoms with van der Waals surface area (Å²) >= 11 is 0. The summed E-state index contributed by atoms with van der Waals surface area (Å²) in [4.78, 5) is 33.1. The Balaban J connectivity index is 1.35. The molecule has 0 spiro atoms. The summed E-state index contributed by atoms with van der Waals surface area (Å²) in [7, 11) is 0. The van der Waals surface area contributed by atoms with Gasteiger partial charge in [0.25, 0.3) is 11.8 Å². The number of β-amino-alcohol motifs (C(OH)–C–C–N with tert-alkyl or cyclic N) is 1. The summed E-state index contributed by atoms with van der Waals surface area (Å²) in [6, 6.07) is 5.32. The number of nitrogens with zero attached hydrogens (tertiary/aromatic N) is 2. The number of nitrogens with two attached hydrogens (primary N) is 1. The van der Waals surface area contributed by atoms with Gasteiger partial charge in [0.15, 0.2) is 0 Å². The Bertz CT molecular complexity index is 1130. The van der Waals surface area contributed by atoms with Gasteiger partial charge in [-0.05, 0) is 36.8 Å². The number of carbonyl (C=O) groups excluding carboxylic acids is 2. The van der Waals surface area contributed by atoms with Crippen LogP contribution in [0, 0.1) is 6.92 Å². The number of rotatable bonds is 5. The number of nitrogens with one attached hydrogen (secondary N) is 2. The number of H-pyrrole nitrogens is 1. The molecule has 0 radical (unpaired) electrons. The summed E-state index contributed by atoms with van der Waals surface area (Å²) < 4.78 is 5.36. The lowest BCUT2D eigenvalue weighted by atomic mass is 10.0. The molecule has 2 amide bonds. The average molecular weight is 452 g/mol. The van der Waals surface area contributed by atoms with Gasteiger partial charge in [0.1, 0.15) is 0 Å². The zero-order valence-corrected chi connectivity index (χ0v) is 18.7. The summed E-state index contributed by atoms with van der Waals surface area (Å²) in [5.41, 5.74) is 11.6. The molecule has 3 aliphatic rings. The number of aromatic amines is 1. The molecule has 9 heteroatoms. The fraction of sp³-hybridized carbons (Fsp3) is 0.417. The predicted octanol–water partition coefficient (Wildman–Crippen LogP) is 1.09. The topological polar surface area (TPSA) is 124 Å². The predicted molar refractivity (Wildman–Crippen MR) is 126 cm³/mol. The van der Waals surface area contributed by atoms with Crippen LogP contribution in [0.15, 0.2) is 18.2 Å². The van der Waals surface area contributed by atoms with E-state index in [4.69, 9.17) is 10.5 Å². The molecule has 0 bridgehead atoms. The number of hydrogen-bond acceptors (Lipinski definition) is 6. The van der Waals surface area contributed by atoms with Crippen molar-refractivity contribution in [2.24, 2.45) is 0 Å². The Kier molecular flexibility index (Phi) is 5.69. The van der Waals surface area contributed by atoms with E-state index in [0.717, 1.165) is 41.3 Å². The number of fused-ring (bicyclic) bond motifs is 2. The van der Waals surface area contributed by atoms with Crippen molar-refractivity contribution in [3.8, 4) is 0 Å². The second-order valence-corrected chi connectivity index (χ2v) is 8.90. The number of carbonyl (C=O) groups is 2. The molecule has 174 valence electrons. The number of amides is 2. The third-order valence-electron chi connectivity index (χ3n) is 6.62. The minimum atomic E-state index is -0.612. The Morgan fingerprint density at radius 2 is 2.00 bits per heavy atom. The van der Waals surface area contributed by atoms with Gasteiger partial charge in [-0.15, -0.1) is 0 Å². The van der Waals surface area contributed by atoms with E-state index in [-0.39, 0.29) is 11.8 Å². The van der Waals surface area contributed by atoms with E-state index in [9.17, 15) is 14.7 Å². The molecule has 1 fully saturated rings. The van der Waals surface area contributed by atoms with Crippen LogP contribution in [0.3, 0.4) is 0 Å². The van der Waals surface area contributed by atoms with Gasteiger partial charge in [-0.25, -0.2) is 0 Å². The molecule has 5 rings (SSSR count). The summed E-state index contributed by atoms with van der Waals surface area (Å²) in [6.07, 6.45) is 1.85. The first-order valence-electron chi connectivity index (χ1n) is 11.3. The van der Waals surface area contributed by atoms with Crippen LogP contribution in [0.5, 0.6) is 0 Å². The highest BCUT2D eigenvalue weighted by Gasteiger charge is 2.31. The van der Waals surface area contributed by atoms with Crippen LogP contribution >= 0.6 is 0 Å². The monoisotopic (exact) mass is 451 g/mol. The Labute approximate surface area is 192 Å². The highest BCUT2D eigenvalue weighted by Crippen LogP contribution is 2.35. The maximum atomic E-state index is 13.3. The third kappa shape index (κ3) is 4.15. The van der Waals surface area contributed by atoms with E-state index in [2.05, 4.69) is 15.2 Å². The van der Waals surface area contributed by atoms with E-state index >= 15 is 0 Å². The maximum absolute atomic E-state index is 13.3. The quantitative estimate of drug-likeness (QED) is 0.399. The standard InChI is InChI=1S/C24H29N5O4/c1-14-21(11-18-17-10-15(25)2-3-19(17)27-23(18)31)26-20-4-5-29(24(32)22(14)20)13-16(30)12-28-6-8-33-9-7-28/h2-3,10-11,16,26,30H,4-9,12-13,25H2,1H3,(H,27,31)/b18-11-/t16-/m1/s1. The van der Waals surface area contributed by atoms with Crippen molar-refractivity contribution in [3.05, 3.63) is 46.3 Å². The molecule has 0 aliphatic carbocycles. The van der Waals surface area contributed by atoms with Crippen LogP contribution in [-0.2, 0) is 16.0 Å². The zero-order valence-electron chi connectivity index (χ0n) is 18.7. The lowest BCUT2D eigenvalue weighted by Crippen LogP contribution is -2.47. The number of aliphatic hydroxyl groups is 1. The second-order valence-electron chi connectivity index (χ2n) is 8.90. The molecule has 1 atom stereocenters. The van der Waals surface area contributed by atoms with Crippen LogP contribution in [0.1, 0.15) is 32.9 Å². The highest BCUT2D eigenvalue weighted by atomic mass is 16.5. The lowest BCUT2D eigenvalue weighted by Gasteiger charge is -2.32. The van der Waals surface area contributed by atoms with Crippen molar-refractivity contribution in [2.75, 3.05) is 57.0 Å². The zero-order chi connectivity index (χ0) is 23.1. The van der Waals surface area contributed by atoms with Gasteiger partial charge < -0.3 is 30.8 Å². The molecule has 33 heavy (non-hydrogen) atoms. The van der Waals surface area contributed by atoms with Gasteiger partial charge in [-0.3, -0.25) is 14.5 Å². The molecule has 5 N–H and O–H groups in total. The molecule has 3 aliphatic heterocycles. The van der Waals surface area contributed by atoms with Gasteiger partial charge >= 0.3 is 0 Å². The van der Waals surface area contributed by atoms with Gasteiger partial charge in [0, 0.05) is 67.5 Å². The fourth-order valence-corrected chi connectivity index (χ4v) is 4.87. The molecule has 1 saturated heterocycles. The number of aliphatic hydroxyl groups excluding tert-OH is 1. The van der Waals surface area contributed by atoms with Gasteiger partial charge in [0.2, 0.25) is 0 Å². The fourth-order valence-electron chi connectivity index (χ4n) is 4.87. The number of benzene rings is 1. The normalized spacial score (nSPS) is 20.7. The number of ether oxygens (including phenoxy) is 1. The Morgan fingerprint density at radius 1 is 1.21 bits per heavy atom. The van der Waals surface area contributed by atoms with E-state index in [1.54, 1.807) is 29.2 Å². The SMILES string of the molecule is Cc1c(/C=C2\C(=O)Nc3ccc(N)cc32)[nH]c2c1C(=O)N(C[C@H](O)CN1CCOCC1)CC2. The molecular weight excluding hydrogens is 422 g/mol. The minimum Gasteiger partial charge on any atom is -0.399 e. The highest BCUT2D eigenvalue weighted by molar-refractivity contribution is 6.35.